The van der Waals surface area contributed by atoms with Crippen molar-refractivity contribution in [2.45, 2.75) is 33.4 Å². The number of primary amides is 1. The maximum absolute atomic E-state index is 12.0. The van der Waals surface area contributed by atoms with Crippen molar-refractivity contribution in [3.8, 4) is 0 Å². The second-order valence-corrected chi connectivity index (χ2v) is 7.07. The fraction of sp³-hybridized carbons (Fsp3) is 0.368. The van der Waals surface area contributed by atoms with Crippen LogP contribution in [-0.4, -0.2) is 36.5 Å². The number of aromatic nitrogens is 1. The van der Waals surface area contributed by atoms with Gasteiger partial charge in [0, 0.05) is 19.2 Å². The number of aryl methyl sites for hydroxylation is 1. The Kier molecular flexibility index (Phi) is 7.51. The van der Waals surface area contributed by atoms with Gasteiger partial charge in [-0.1, -0.05) is 12.1 Å². The number of esters is 1. The molecule has 0 fully saturated rings. The normalized spacial score (nSPS) is 12.4. The number of guanidine groups is 1. The Morgan fingerprint density at radius 3 is 2.57 bits per heavy atom. The summed E-state index contributed by atoms with van der Waals surface area (Å²) in [5.74, 6) is -0.207. The highest BCUT2D eigenvalue weighted by Crippen LogP contribution is 2.24. The van der Waals surface area contributed by atoms with Crippen LogP contribution in [0.3, 0.4) is 0 Å². The number of aliphatic imine (C=N–C) groups is 1. The molecule has 1 atom stereocenters. The van der Waals surface area contributed by atoms with Crippen LogP contribution >= 0.6 is 11.3 Å². The molecule has 0 saturated carbocycles. The van der Waals surface area contributed by atoms with Gasteiger partial charge in [0.2, 0.25) is 5.91 Å². The number of hydrogen-bond donors (Lipinski definition) is 3. The number of carbonyl (C=O) groups excluding carboxylic acids is 2. The van der Waals surface area contributed by atoms with Gasteiger partial charge in [0.15, 0.2) is 5.96 Å². The molecule has 28 heavy (non-hydrogen) atoms. The van der Waals surface area contributed by atoms with E-state index in [9.17, 15) is 9.59 Å². The zero-order valence-electron chi connectivity index (χ0n) is 16.4. The number of amides is 1. The second kappa shape index (κ2) is 9.84. The molecule has 0 aliphatic rings. The first kappa shape index (κ1) is 21.4. The molecule has 1 unspecified atom stereocenters. The average molecular weight is 404 g/mol. The number of rotatable bonds is 7. The smallest absolute Gasteiger partial charge is 0.350 e. The molecule has 9 heteroatoms. The van der Waals surface area contributed by atoms with Gasteiger partial charge < -0.3 is 21.1 Å². The maximum Gasteiger partial charge on any atom is 0.350 e. The second-order valence-electron chi connectivity index (χ2n) is 6.04. The van der Waals surface area contributed by atoms with Crippen LogP contribution in [0.4, 0.5) is 0 Å². The first-order valence-corrected chi connectivity index (χ1v) is 9.67. The summed E-state index contributed by atoms with van der Waals surface area (Å²) in [5.41, 5.74) is 7.36. The molecule has 8 nitrogen and oxygen atoms in total. The topological polar surface area (TPSA) is 119 Å². The van der Waals surface area contributed by atoms with Crippen molar-refractivity contribution in [1.29, 1.82) is 0 Å². The monoisotopic (exact) mass is 403 g/mol. The summed E-state index contributed by atoms with van der Waals surface area (Å²) in [5, 5.41) is 7.23. The molecule has 0 spiro atoms. The van der Waals surface area contributed by atoms with E-state index in [0.29, 0.717) is 35.2 Å². The minimum atomic E-state index is -0.452. The number of nitrogens with one attached hydrogen (secondary N) is 2. The van der Waals surface area contributed by atoms with Gasteiger partial charge in [-0.3, -0.25) is 9.79 Å². The number of ether oxygens (including phenoxy) is 1. The highest BCUT2D eigenvalue weighted by atomic mass is 32.1. The minimum Gasteiger partial charge on any atom is -0.462 e. The van der Waals surface area contributed by atoms with E-state index >= 15 is 0 Å². The van der Waals surface area contributed by atoms with E-state index in [1.54, 1.807) is 33.0 Å². The Labute approximate surface area is 168 Å². The van der Waals surface area contributed by atoms with E-state index in [0.717, 1.165) is 10.6 Å². The largest absolute Gasteiger partial charge is 0.462 e. The summed E-state index contributed by atoms with van der Waals surface area (Å²) in [6.07, 6.45) is 0. The third kappa shape index (κ3) is 5.53. The van der Waals surface area contributed by atoms with Crippen LogP contribution in [0.25, 0.3) is 0 Å². The molecule has 2 aromatic rings. The maximum atomic E-state index is 12.0. The molecular weight excluding hydrogens is 378 g/mol. The lowest BCUT2D eigenvalue weighted by atomic mass is 10.1. The molecule has 0 bridgehead atoms. The Morgan fingerprint density at radius 1 is 1.32 bits per heavy atom. The number of benzene rings is 1. The van der Waals surface area contributed by atoms with E-state index in [-0.39, 0.29) is 12.0 Å². The van der Waals surface area contributed by atoms with Gasteiger partial charge in [-0.05, 0) is 38.5 Å². The van der Waals surface area contributed by atoms with Crippen molar-refractivity contribution in [3.63, 3.8) is 0 Å². The van der Waals surface area contributed by atoms with Crippen molar-refractivity contribution in [3.05, 3.63) is 51.0 Å². The standard InChI is InChI=1S/C19H25N5O3S/c1-5-27-18(26)15-11(2)23-17(28-15)12(3)24-19(21-4)22-10-13-6-8-14(9-7-13)16(20)25/h6-9,12H,5,10H2,1-4H3,(H2,20,25)(H2,21,22,24). The van der Waals surface area contributed by atoms with E-state index in [2.05, 4.69) is 20.6 Å². The number of thiazole rings is 1. The molecule has 0 radical (unpaired) electrons. The van der Waals surface area contributed by atoms with Crippen LogP contribution in [0.1, 0.15) is 56.2 Å². The molecule has 0 saturated heterocycles. The Hall–Kier alpha value is -2.94. The number of hydrogen-bond acceptors (Lipinski definition) is 6. The van der Waals surface area contributed by atoms with E-state index in [4.69, 9.17) is 10.5 Å². The van der Waals surface area contributed by atoms with Crippen LogP contribution in [-0.2, 0) is 11.3 Å². The van der Waals surface area contributed by atoms with Crippen LogP contribution in [0, 0.1) is 6.92 Å². The van der Waals surface area contributed by atoms with Crippen molar-refractivity contribution in [2.24, 2.45) is 10.7 Å². The molecule has 1 amide bonds. The quantitative estimate of drug-likeness (QED) is 0.370. The molecular formula is C19H25N5O3S. The first-order valence-electron chi connectivity index (χ1n) is 8.86. The van der Waals surface area contributed by atoms with Crippen molar-refractivity contribution in [1.82, 2.24) is 15.6 Å². The van der Waals surface area contributed by atoms with Crippen LogP contribution in [0.5, 0.6) is 0 Å². The third-order valence-electron chi connectivity index (χ3n) is 3.92. The Bertz CT molecular complexity index is 861. The van der Waals surface area contributed by atoms with E-state index in [1.807, 2.05) is 19.1 Å². The molecule has 0 aliphatic carbocycles. The predicted octanol–water partition coefficient (Wildman–Crippen LogP) is 2.15. The molecule has 150 valence electrons. The SMILES string of the molecule is CCOC(=O)c1sc(C(C)NC(=NC)NCc2ccc(C(N)=O)cc2)nc1C. The van der Waals surface area contributed by atoms with Gasteiger partial charge in [0.1, 0.15) is 9.88 Å². The van der Waals surface area contributed by atoms with E-state index in [1.165, 1.54) is 11.3 Å². The summed E-state index contributed by atoms with van der Waals surface area (Å²) >= 11 is 1.31. The summed E-state index contributed by atoms with van der Waals surface area (Å²) in [4.78, 5) is 32.3. The number of carbonyl (C=O) groups is 2. The molecule has 1 aromatic carbocycles. The first-order chi connectivity index (χ1) is 13.3. The van der Waals surface area contributed by atoms with Crippen molar-refractivity contribution >= 4 is 29.2 Å². The van der Waals surface area contributed by atoms with E-state index < -0.39 is 5.91 Å². The molecule has 1 heterocycles. The minimum absolute atomic E-state index is 0.143. The third-order valence-corrected chi connectivity index (χ3v) is 5.24. The van der Waals surface area contributed by atoms with Gasteiger partial charge in [-0.15, -0.1) is 11.3 Å². The van der Waals surface area contributed by atoms with Gasteiger partial charge in [0.25, 0.3) is 0 Å². The lowest BCUT2D eigenvalue weighted by Gasteiger charge is -2.16. The van der Waals surface area contributed by atoms with Crippen molar-refractivity contribution in [2.75, 3.05) is 13.7 Å². The van der Waals surface area contributed by atoms with Gasteiger partial charge in [-0.2, -0.15) is 0 Å². The zero-order chi connectivity index (χ0) is 20.7. The fourth-order valence-corrected chi connectivity index (χ4v) is 3.39. The molecule has 0 aliphatic heterocycles. The number of nitrogens with zero attached hydrogens (tertiary/aromatic N) is 2. The fourth-order valence-electron chi connectivity index (χ4n) is 2.42. The molecule has 2 rings (SSSR count). The zero-order valence-corrected chi connectivity index (χ0v) is 17.2. The molecule has 1 aromatic heterocycles. The van der Waals surface area contributed by atoms with Crippen LogP contribution in [0.2, 0.25) is 0 Å². The van der Waals surface area contributed by atoms with Crippen LogP contribution in [0.15, 0.2) is 29.3 Å². The van der Waals surface area contributed by atoms with Gasteiger partial charge in [0.05, 0.1) is 18.3 Å². The Morgan fingerprint density at radius 2 is 2.00 bits per heavy atom. The Balaban J connectivity index is 1.97. The van der Waals surface area contributed by atoms with Gasteiger partial charge >= 0.3 is 5.97 Å². The highest BCUT2D eigenvalue weighted by molar-refractivity contribution is 7.13. The predicted molar refractivity (Wildman–Crippen MR) is 110 cm³/mol. The number of nitrogens with two attached hydrogens (primary N) is 1. The highest BCUT2D eigenvalue weighted by Gasteiger charge is 2.20. The molecule has 4 N–H and O–H groups in total. The lowest BCUT2D eigenvalue weighted by molar-refractivity contribution is 0.0531. The van der Waals surface area contributed by atoms with Crippen LogP contribution < -0.4 is 16.4 Å². The summed E-state index contributed by atoms with van der Waals surface area (Å²) in [7, 11) is 1.68. The lowest BCUT2D eigenvalue weighted by Crippen LogP contribution is -2.38. The average Bonchev–Trinajstić information content (AvgIpc) is 3.07. The summed E-state index contributed by atoms with van der Waals surface area (Å²) < 4.78 is 5.06. The van der Waals surface area contributed by atoms with Gasteiger partial charge in [-0.25, -0.2) is 9.78 Å². The summed E-state index contributed by atoms with van der Waals surface area (Å²) in [6, 6.07) is 6.90. The summed E-state index contributed by atoms with van der Waals surface area (Å²) in [6.45, 7) is 6.37. The van der Waals surface area contributed by atoms with Crippen molar-refractivity contribution < 1.29 is 14.3 Å².